The maximum atomic E-state index is 12.6. The van der Waals surface area contributed by atoms with E-state index in [1.54, 1.807) is 11.0 Å². The second-order valence-corrected chi connectivity index (χ2v) is 7.77. The molecule has 1 aliphatic rings. The van der Waals surface area contributed by atoms with Crippen molar-refractivity contribution in [2.24, 2.45) is 0 Å². The highest BCUT2D eigenvalue weighted by Crippen LogP contribution is 2.27. The summed E-state index contributed by atoms with van der Waals surface area (Å²) in [5.74, 6) is -0.313. The Morgan fingerprint density at radius 2 is 2.07 bits per heavy atom. The quantitative estimate of drug-likeness (QED) is 0.526. The molecule has 1 aromatic carbocycles. The summed E-state index contributed by atoms with van der Waals surface area (Å²) in [5, 5.41) is 13.2. The third-order valence-corrected chi connectivity index (χ3v) is 5.37. The highest BCUT2D eigenvalue weighted by Gasteiger charge is 2.25. The number of nitrogens with one attached hydrogen (secondary N) is 1. The average Bonchev–Trinajstić information content (AvgIpc) is 3.43. The molecule has 28 heavy (non-hydrogen) atoms. The molecule has 1 aliphatic carbocycles. The zero-order chi connectivity index (χ0) is 20.3. The van der Waals surface area contributed by atoms with Crippen LogP contribution in [0.15, 0.2) is 34.4 Å². The Hall–Kier alpha value is -2.59. The van der Waals surface area contributed by atoms with Crippen LogP contribution in [0.5, 0.6) is 0 Å². The van der Waals surface area contributed by atoms with Gasteiger partial charge >= 0.3 is 0 Å². The number of carbonyl (C=O) groups excluding carboxylic acids is 2. The maximum absolute atomic E-state index is 12.6. The number of likely N-dealkylation sites (N-methyl/N-ethyl adjacent to an activating group) is 1. The van der Waals surface area contributed by atoms with Crippen molar-refractivity contribution in [3.63, 3.8) is 0 Å². The minimum Gasteiger partial charge on any atom is -0.349 e. The highest BCUT2D eigenvalue weighted by molar-refractivity contribution is 9.10. The van der Waals surface area contributed by atoms with Crippen LogP contribution in [0, 0.1) is 11.3 Å². The number of amides is 2. The summed E-state index contributed by atoms with van der Waals surface area (Å²) in [6, 6.07) is 7.98. The van der Waals surface area contributed by atoms with Gasteiger partial charge in [-0.25, -0.2) is 0 Å². The lowest BCUT2D eigenvalue weighted by atomic mass is 10.1. The van der Waals surface area contributed by atoms with Crippen molar-refractivity contribution in [2.75, 3.05) is 13.1 Å². The van der Waals surface area contributed by atoms with E-state index >= 15 is 0 Å². The van der Waals surface area contributed by atoms with Gasteiger partial charge in [-0.15, -0.1) is 0 Å². The van der Waals surface area contributed by atoms with Crippen LogP contribution in [0.25, 0.3) is 17.0 Å². The van der Waals surface area contributed by atoms with Crippen molar-refractivity contribution in [1.29, 1.82) is 5.26 Å². The van der Waals surface area contributed by atoms with E-state index in [0.717, 1.165) is 33.8 Å². The molecule has 1 aromatic heterocycles. The molecule has 0 aliphatic heterocycles. The molecule has 2 aromatic rings. The molecular weight excluding hydrogens is 420 g/mol. The minimum atomic E-state index is -0.347. The van der Waals surface area contributed by atoms with Gasteiger partial charge in [-0.3, -0.25) is 9.59 Å². The summed E-state index contributed by atoms with van der Waals surface area (Å²) < 4.78 is 2.77. The van der Waals surface area contributed by atoms with Crippen molar-refractivity contribution in [3.8, 4) is 6.07 Å². The van der Waals surface area contributed by atoms with Crippen LogP contribution in [0.4, 0.5) is 0 Å². The lowest BCUT2D eigenvalue weighted by Crippen LogP contribution is -2.33. The fraction of sp³-hybridized carbons (Fsp3) is 0.381. The van der Waals surface area contributed by atoms with Crippen LogP contribution in [0.2, 0.25) is 0 Å². The first-order chi connectivity index (χ1) is 13.5. The molecule has 0 bridgehead atoms. The number of nitriles is 1. The molecule has 2 amide bonds. The van der Waals surface area contributed by atoms with Gasteiger partial charge in [-0.2, -0.15) is 5.26 Å². The molecule has 0 saturated heterocycles. The Kier molecular flexibility index (Phi) is 6.20. The first-order valence-corrected chi connectivity index (χ1v) is 10.2. The molecular formula is C21H23BrN4O2. The molecule has 1 saturated carbocycles. The predicted molar refractivity (Wildman–Crippen MR) is 112 cm³/mol. The Balaban J connectivity index is 1.99. The van der Waals surface area contributed by atoms with Crippen LogP contribution in [0.3, 0.4) is 0 Å². The molecule has 7 heteroatoms. The third-order valence-electron chi connectivity index (χ3n) is 4.87. The fourth-order valence-electron chi connectivity index (χ4n) is 3.16. The van der Waals surface area contributed by atoms with Gasteiger partial charge < -0.3 is 14.8 Å². The molecule has 0 radical (unpaired) electrons. The van der Waals surface area contributed by atoms with Gasteiger partial charge in [0, 0.05) is 46.3 Å². The van der Waals surface area contributed by atoms with Crippen LogP contribution in [-0.4, -0.2) is 40.4 Å². The Morgan fingerprint density at radius 1 is 1.36 bits per heavy atom. The number of aromatic nitrogens is 1. The number of halogens is 1. The number of nitrogens with zero attached hydrogens (tertiary/aromatic N) is 3. The molecule has 6 nitrogen and oxygen atoms in total. The first-order valence-electron chi connectivity index (χ1n) is 9.45. The summed E-state index contributed by atoms with van der Waals surface area (Å²) in [6.07, 6.45) is 5.36. The van der Waals surface area contributed by atoms with Crippen molar-refractivity contribution in [3.05, 3.63) is 40.0 Å². The van der Waals surface area contributed by atoms with Crippen LogP contribution >= 0.6 is 15.9 Å². The minimum absolute atomic E-state index is 0.0346. The second-order valence-electron chi connectivity index (χ2n) is 6.86. The van der Waals surface area contributed by atoms with Crippen molar-refractivity contribution in [2.45, 2.75) is 39.3 Å². The standard InChI is InChI=1S/C21H23BrN4O2/c1-3-25(4-2)20(27)13-26-12-15(18-10-16(22)5-8-19(18)26)9-14(11-23)21(28)24-17-6-7-17/h5,8-10,12,17H,3-4,6-7,13H2,1-2H3,(H,24,28)/b14-9+. The summed E-state index contributed by atoms with van der Waals surface area (Å²) >= 11 is 3.48. The van der Waals surface area contributed by atoms with E-state index in [-0.39, 0.29) is 30.0 Å². The van der Waals surface area contributed by atoms with Crippen molar-refractivity contribution in [1.82, 2.24) is 14.8 Å². The molecule has 0 unspecified atom stereocenters. The van der Waals surface area contributed by atoms with E-state index in [1.807, 2.05) is 48.9 Å². The molecule has 0 atom stereocenters. The predicted octanol–water partition coefficient (Wildman–Crippen LogP) is 3.46. The smallest absolute Gasteiger partial charge is 0.262 e. The summed E-state index contributed by atoms with van der Waals surface area (Å²) in [4.78, 5) is 26.7. The van der Waals surface area contributed by atoms with Crippen LogP contribution < -0.4 is 5.32 Å². The third kappa shape index (κ3) is 4.45. The Labute approximate surface area is 172 Å². The molecule has 3 rings (SSSR count). The monoisotopic (exact) mass is 442 g/mol. The van der Waals surface area contributed by atoms with Gasteiger partial charge in [-0.1, -0.05) is 15.9 Å². The number of hydrogen-bond acceptors (Lipinski definition) is 3. The van der Waals surface area contributed by atoms with Gasteiger partial charge in [0.15, 0.2) is 0 Å². The summed E-state index contributed by atoms with van der Waals surface area (Å²) in [7, 11) is 0. The Bertz CT molecular complexity index is 978. The van der Waals surface area contributed by atoms with Gasteiger partial charge in [0.25, 0.3) is 5.91 Å². The molecule has 1 fully saturated rings. The van der Waals surface area contributed by atoms with Gasteiger partial charge in [0.05, 0.1) is 0 Å². The number of rotatable bonds is 7. The summed E-state index contributed by atoms with van der Waals surface area (Å²) in [6.45, 7) is 5.44. The summed E-state index contributed by atoms with van der Waals surface area (Å²) in [5.41, 5.74) is 1.70. The molecule has 0 spiro atoms. The topological polar surface area (TPSA) is 78.1 Å². The zero-order valence-electron chi connectivity index (χ0n) is 16.0. The van der Waals surface area contributed by atoms with E-state index in [9.17, 15) is 14.9 Å². The van der Waals surface area contributed by atoms with Crippen LogP contribution in [0.1, 0.15) is 32.3 Å². The van der Waals surface area contributed by atoms with E-state index in [1.165, 1.54) is 0 Å². The van der Waals surface area contributed by atoms with E-state index in [4.69, 9.17) is 0 Å². The highest BCUT2D eigenvalue weighted by atomic mass is 79.9. The molecule has 146 valence electrons. The van der Waals surface area contributed by atoms with Crippen molar-refractivity contribution >= 4 is 44.7 Å². The lowest BCUT2D eigenvalue weighted by molar-refractivity contribution is -0.131. The number of fused-ring (bicyclic) bond motifs is 1. The zero-order valence-corrected chi connectivity index (χ0v) is 17.6. The number of hydrogen-bond donors (Lipinski definition) is 1. The molecule has 1 heterocycles. The van der Waals surface area contributed by atoms with Gasteiger partial charge in [-0.05, 0) is 51.0 Å². The van der Waals surface area contributed by atoms with E-state index in [2.05, 4.69) is 21.2 Å². The fourth-order valence-corrected chi connectivity index (χ4v) is 3.52. The van der Waals surface area contributed by atoms with Crippen molar-refractivity contribution < 1.29 is 9.59 Å². The maximum Gasteiger partial charge on any atom is 0.262 e. The largest absolute Gasteiger partial charge is 0.349 e. The number of carbonyl (C=O) groups is 2. The second kappa shape index (κ2) is 8.61. The normalized spacial score (nSPS) is 14.0. The number of benzene rings is 1. The lowest BCUT2D eigenvalue weighted by Gasteiger charge is -2.19. The van der Waals surface area contributed by atoms with Crippen LogP contribution in [-0.2, 0) is 16.1 Å². The first kappa shape index (κ1) is 20.2. The van der Waals surface area contributed by atoms with E-state index in [0.29, 0.717) is 13.1 Å². The van der Waals surface area contributed by atoms with Gasteiger partial charge in [0.2, 0.25) is 5.91 Å². The molecule has 1 N–H and O–H groups in total. The average molecular weight is 443 g/mol. The van der Waals surface area contributed by atoms with E-state index < -0.39 is 0 Å². The van der Waals surface area contributed by atoms with Gasteiger partial charge in [0.1, 0.15) is 18.2 Å². The Morgan fingerprint density at radius 3 is 2.68 bits per heavy atom. The SMILES string of the molecule is CCN(CC)C(=O)Cn1cc(/C=C(\C#N)C(=O)NC2CC2)c2cc(Br)ccc21.